The van der Waals surface area contributed by atoms with Crippen LogP contribution in [0.1, 0.15) is 63.0 Å². The number of esters is 1. The number of anilines is 1. The van der Waals surface area contributed by atoms with Gasteiger partial charge in [-0.1, -0.05) is 13.8 Å². The molecule has 1 aliphatic heterocycles. The normalized spacial score (nSPS) is 21.4. The molecule has 1 aromatic carbocycles. The minimum Gasteiger partial charge on any atom is -0.465 e. The summed E-state index contributed by atoms with van der Waals surface area (Å²) in [5.74, 6) is -0.621. The predicted octanol–water partition coefficient (Wildman–Crippen LogP) is 3.43. The largest absolute Gasteiger partial charge is 0.465 e. The molecule has 0 saturated heterocycles. The van der Waals surface area contributed by atoms with Crippen molar-refractivity contribution >= 4 is 23.7 Å². The lowest BCUT2D eigenvalue weighted by Gasteiger charge is -2.45. The highest BCUT2D eigenvalue weighted by Gasteiger charge is 2.40. The highest BCUT2D eigenvalue weighted by atomic mass is 16.6. The quantitative estimate of drug-likeness (QED) is 0.814. The number of carbonyl (C=O) groups is 3. The molecular formula is C20H28N2O5. The highest BCUT2D eigenvalue weighted by molar-refractivity contribution is 5.96. The van der Waals surface area contributed by atoms with Gasteiger partial charge in [0.25, 0.3) is 0 Å². The summed E-state index contributed by atoms with van der Waals surface area (Å²) >= 11 is 0. The van der Waals surface area contributed by atoms with E-state index in [1.54, 1.807) is 36.9 Å². The van der Waals surface area contributed by atoms with Gasteiger partial charge in [0.1, 0.15) is 0 Å². The minimum atomic E-state index is -0.526. The Morgan fingerprint density at radius 3 is 2.44 bits per heavy atom. The molecule has 0 radical (unpaired) electrons. The van der Waals surface area contributed by atoms with E-state index in [1.807, 2.05) is 13.8 Å². The van der Waals surface area contributed by atoms with E-state index in [0.717, 1.165) is 6.42 Å². The number of hydrogen-bond acceptors (Lipinski definition) is 5. The SMILES string of the molecule is CC[C@@H]1[C@H](C)[C@@H](NC(=O)OC(C)C)c2cc(C(=O)OC)ccc2N1C(C)=O. The molecule has 1 aliphatic rings. The number of nitrogens with zero attached hydrogens (tertiary/aromatic N) is 1. The first-order chi connectivity index (χ1) is 12.7. The maximum atomic E-state index is 12.3. The summed E-state index contributed by atoms with van der Waals surface area (Å²) in [6, 6.07) is 4.58. The summed E-state index contributed by atoms with van der Waals surface area (Å²) in [5.41, 5.74) is 1.76. The Morgan fingerprint density at radius 1 is 1.26 bits per heavy atom. The van der Waals surface area contributed by atoms with Gasteiger partial charge in [-0.25, -0.2) is 9.59 Å². The molecule has 0 aliphatic carbocycles. The molecule has 2 amide bonds. The van der Waals surface area contributed by atoms with Crippen LogP contribution < -0.4 is 10.2 Å². The van der Waals surface area contributed by atoms with Gasteiger partial charge in [-0.2, -0.15) is 0 Å². The molecule has 0 spiro atoms. The second-order valence-electron chi connectivity index (χ2n) is 7.06. The van der Waals surface area contributed by atoms with Crippen LogP contribution in [-0.2, 0) is 14.3 Å². The number of hydrogen-bond donors (Lipinski definition) is 1. The molecule has 1 aromatic rings. The Balaban J connectivity index is 2.55. The van der Waals surface area contributed by atoms with Gasteiger partial charge in [-0.05, 0) is 44.0 Å². The first-order valence-electron chi connectivity index (χ1n) is 9.20. The fourth-order valence-corrected chi connectivity index (χ4v) is 3.73. The zero-order valence-electron chi connectivity index (χ0n) is 16.7. The summed E-state index contributed by atoms with van der Waals surface area (Å²) < 4.78 is 10.0. The summed E-state index contributed by atoms with van der Waals surface area (Å²) in [6.45, 7) is 9.07. The van der Waals surface area contributed by atoms with Crippen molar-refractivity contribution in [3.8, 4) is 0 Å². The van der Waals surface area contributed by atoms with Crippen LogP contribution in [0.2, 0.25) is 0 Å². The number of alkyl carbamates (subject to hydrolysis) is 1. The molecule has 0 bridgehead atoms. The molecule has 27 heavy (non-hydrogen) atoms. The van der Waals surface area contributed by atoms with E-state index in [1.165, 1.54) is 14.0 Å². The van der Waals surface area contributed by atoms with Crippen molar-refractivity contribution in [2.45, 2.75) is 59.2 Å². The van der Waals surface area contributed by atoms with Crippen molar-refractivity contribution < 1.29 is 23.9 Å². The van der Waals surface area contributed by atoms with Gasteiger partial charge in [0.2, 0.25) is 5.91 Å². The fourth-order valence-electron chi connectivity index (χ4n) is 3.73. The average molecular weight is 376 g/mol. The maximum Gasteiger partial charge on any atom is 0.407 e. The number of nitrogens with one attached hydrogen (secondary N) is 1. The van der Waals surface area contributed by atoms with E-state index in [-0.39, 0.29) is 24.0 Å². The van der Waals surface area contributed by atoms with Gasteiger partial charge in [-0.15, -0.1) is 0 Å². The van der Waals surface area contributed by atoms with Crippen LogP contribution in [0, 0.1) is 5.92 Å². The summed E-state index contributed by atoms with van der Waals surface area (Å²) in [5, 5.41) is 2.91. The lowest BCUT2D eigenvalue weighted by molar-refractivity contribution is -0.117. The predicted molar refractivity (Wildman–Crippen MR) is 102 cm³/mol. The number of fused-ring (bicyclic) bond motifs is 1. The van der Waals surface area contributed by atoms with E-state index in [2.05, 4.69) is 5.32 Å². The Bertz CT molecular complexity index is 731. The van der Waals surface area contributed by atoms with Crippen molar-refractivity contribution in [3.63, 3.8) is 0 Å². The van der Waals surface area contributed by atoms with E-state index >= 15 is 0 Å². The lowest BCUT2D eigenvalue weighted by Crippen LogP contribution is -2.52. The van der Waals surface area contributed by atoms with Gasteiger partial charge in [0.15, 0.2) is 0 Å². The summed E-state index contributed by atoms with van der Waals surface area (Å²) in [7, 11) is 1.31. The third-order valence-corrected chi connectivity index (χ3v) is 4.88. The van der Waals surface area contributed by atoms with Gasteiger partial charge in [0, 0.05) is 24.6 Å². The van der Waals surface area contributed by atoms with Crippen molar-refractivity contribution in [2.75, 3.05) is 12.0 Å². The van der Waals surface area contributed by atoms with Gasteiger partial charge in [-0.3, -0.25) is 4.79 Å². The maximum absolute atomic E-state index is 12.3. The summed E-state index contributed by atoms with van der Waals surface area (Å²) in [6.07, 6.45) is -0.0426. The monoisotopic (exact) mass is 376 g/mol. The van der Waals surface area contributed by atoms with E-state index in [9.17, 15) is 14.4 Å². The number of carbonyl (C=O) groups excluding carboxylic acids is 3. The number of benzene rings is 1. The molecule has 2 rings (SSSR count). The number of methoxy groups -OCH3 is 1. The summed E-state index contributed by atoms with van der Waals surface area (Å²) in [4.78, 5) is 38.3. The van der Waals surface area contributed by atoms with Crippen molar-refractivity contribution in [1.82, 2.24) is 5.32 Å². The van der Waals surface area contributed by atoms with Crippen LogP contribution in [-0.4, -0.2) is 37.2 Å². The molecule has 0 aromatic heterocycles. The lowest BCUT2D eigenvalue weighted by atomic mass is 9.80. The average Bonchev–Trinajstić information content (AvgIpc) is 2.61. The highest BCUT2D eigenvalue weighted by Crippen LogP contribution is 2.42. The Kier molecular flexibility index (Phi) is 6.46. The molecule has 1 heterocycles. The third kappa shape index (κ3) is 4.23. The van der Waals surface area contributed by atoms with Crippen LogP contribution in [0.5, 0.6) is 0 Å². The van der Waals surface area contributed by atoms with Gasteiger partial charge < -0.3 is 19.7 Å². The number of amides is 2. The van der Waals surface area contributed by atoms with Crippen LogP contribution in [0.15, 0.2) is 18.2 Å². The standard InChI is InChI=1S/C20H28N2O5/c1-7-16-12(4)18(21-20(25)27-11(2)3)15-10-14(19(24)26-6)8-9-17(15)22(16)13(5)23/h8-12,16,18H,7H2,1-6H3,(H,21,25)/t12-,16+,18+/m0/s1. The molecule has 1 N–H and O–H groups in total. The van der Waals surface area contributed by atoms with Crippen LogP contribution >= 0.6 is 0 Å². The van der Waals surface area contributed by atoms with E-state index in [0.29, 0.717) is 16.8 Å². The molecule has 0 unspecified atom stereocenters. The Labute approximate surface area is 160 Å². The van der Waals surface area contributed by atoms with Crippen LogP contribution in [0.3, 0.4) is 0 Å². The number of rotatable bonds is 4. The first kappa shape index (κ1) is 20.7. The molecular weight excluding hydrogens is 348 g/mol. The van der Waals surface area contributed by atoms with Gasteiger partial charge in [0.05, 0.1) is 24.8 Å². The van der Waals surface area contributed by atoms with E-state index < -0.39 is 18.1 Å². The third-order valence-electron chi connectivity index (χ3n) is 4.88. The minimum absolute atomic E-state index is 0.0704. The first-order valence-corrected chi connectivity index (χ1v) is 9.20. The molecule has 3 atom stereocenters. The zero-order valence-corrected chi connectivity index (χ0v) is 16.7. The second-order valence-corrected chi connectivity index (χ2v) is 7.06. The number of ether oxygens (including phenoxy) is 2. The smallest absolute Gasteiger partial charge is 0.407 e. The topological polar surface area (TPSA) is 84.9 Å². The molecule has 7 heteroatoms. The zero-order chi connectivity index (χ0) is 20.3. The molecule has 7 nitrogen and oxygen atoms in total. The molecule has 148 valence electrons. The Hall–Kier alpha value is -2.57. The van der Waals surface area contributed by atoms with Crippen molar-refractivity contribution in [3.05, 3.63) is 29.3 Å². The molecule has 0 fully saturated rings. The Morgan fingerprint density at radius 2 is 1.93 bits per heavy atom. The molecule has 0 saturated carbocycles. The fraction of sp³-hybridized carbons (Fsp3) is 0.550. The van der Waals surface area contributed by atoms with Crippen LogP contribution in [0.25, 0.3) is 0 Å². The van der Waals surface area contributed by atoms with Crippen molar-refractivity contribution in [2.24, 2.45) is 5.92 Å². The van der Waals surface area contributed by atoms with Gasteiger partial charge >= 0.3 is 12.1 Å². The van der Waals surface area contributed by atoms with Crippen molar-refractivity contribution in [1.29, 1.82) is 0 Å². The van der Waals surface area contributed by atoms with Crippen LogP contribution in [0.4, 0.5) is 10.5 Å². The van der Waals surface area contributed by atoms with E-state index in [4.69, 9.17) is 9.47 Å². The second kappa shape index (κ2) is 8.41.